The van der Waals surface area contributed by atoms with Gasteiger partial charge in [0.05, 0.1) is 39.0 Å². The molecule has 4 rings (SSSR count). The number of hydrogen-bond acceptors (Lipinski definition) is 5. The zero-order chi connectivity index (χ0) is 27.3. The van der Waals surface area contributed by atoms with E-state index in [1.54, 1.807) is 19.0 Å². The molecule has 0 saturated heterocycles. The number of hydrogen-bond donors (Lipinski definition) is 3. The molecule has 4 saturated carbocycles. The standard InChI is InChI=1S/C30H54N2O5/c1-19(8-11-27(36)31(4)14-7-15-32(5,6)37)22-9-10-23-28-24(18-26(35)30(22,23)3)29(2)13-12-21(33)16-20(29)17-25(28)34/h19-26,28,33-35H,7-18H2,1-6H3. The fourth-order valence-electron chi connectivity index (χ4n) is 9.69. The Balaban J connectivity index is 1.40. The van der Waals surface area contributed by atoms with Crippen LogP contribution in [-0.2, 0) is 4.79 Å². The molecule has 4 aliphatic carbocycles. The van der Waals surface area contributed by atoms with Gasteiger partial charge in [0.1, 0.15) is 0 Å². The van der Waals surface area contributed by atoms with Crippen LogP contribution in [0.25, 0.3) is 0 Å². The minimum Gasteiger partial charge on any atom is -0.633 e. The number of aliphatic hydroxyl groups is 3. The summed E-state index contributed by atoms with van der Waals surface area (Å²) in [5.41, 5.74) is -0.141. The van der Waals surface area contributed by atoms with Gasteiger partial charge in [-0.1, -0.05) is 20.8 Å². The molecule has 0 aromatic heterocycles. The van der Waals surface area contributed by atoms with Crippen molar-refractivity contribution in [3.63, 3.8) is 0 Å². The Morgan fingerprint density at radius 2 is 1.78 bits per heavy atom. The van der Waals surface area contributed by atoms with Crippen LogP contribution in [0.3, 0.4) is 0 Å². The number of fused-ring (bicyclic) bond motifs is 5. The van der Waals surface area contributed by atoms with Gasteiger partial charge in [-0.2, -0.15) is 0 Å². The van der Waals surface area contributed by atoms with Crippen LogP contribution in [0.4, 0.5) is 0 Å². The molecule has 0 spiro atoms. The van der Waals surface area contributed by atoms with Crippen molar-refractivity contribution in [2.75, 3.05) is 34.2 Å². The number of aliphatic hydroxyl groups excluding tert-OH is 3. The van der Waals surface area contributed by atoms with Crippen LogP contribution in [-0.4, -0.2) is 83.3 Å². The second-order valence-electron chi connectivity index (χ2n) is 14.5. The van der Waals surface area contributed by atoms with E-state index in [1.165, 1.54) is 0 Å². The topological polar surface area (TPSA) is 104 Å². The minimum absolute atomic E-state index is 0.0896. The SMILES string of the molecule is CC(CCC(=O)N(C)CCC[N+](C)(C)[O-])C1CCC2C3C(O)CC4CC(O)CCC4(C)C3CC(O)C12C. The number of carbonyl (C=O) groups is 1. The van der Waals surface area contributed by atoms with Gasteiger partial charge in [-0.3, -0.25) is 4.79 Å². The molecule has 0 aromatic rings. The zero-order valence-corrected chi connectivity index (χ0v) is 24.2. The molecule has 0 aromatic carbocycles. The molecule has 214 valence electrons. The summed E-state index contributed by atoms with van der Waals surface area (Å²) in [6, 6.07) is 0. The highest BCUT2D eigenvalue weighted by atomic mass is 16.5. The summed E-state index contributed by atoms with van der Waals surface area (Å²) >= 11 is 0. The van der Waals surface area contributed by atoms with Crippen molar-refractivity contribution in [2.24, 2.45) is 46.3 Å². The maximum absolute atomic E-state index is 12.8. The van der Waals surface area contributed by atoms with Gasteiger partial charge in [0, 0.05) is 26.4 Å². The molecule has 11 atom stereocenters. The Morgan fingerprint density at radius 1 is 1.08 bits per heavy atom. The molecule has 11 unspecified atom stereocenters. The lowest BCUT2D eigenvalue weighted by Gasteiger charge is -2.63. The Bertz CT molecular complexity index is 816. The van der Waals surface area contributed by atoms with Crippen molar-refractivity contribution in [1.29, 1.82) is 0 Å². The Morgan fingerprint density at radius 3 is 2.46 bits per heavy atom. The molecule has 0 bridgehead atoms. The number of amides is 1. The first-order valence-electron chi connectivity index (χ1n) is 15.0. The lowest BCUT2D eigenvalue weighted by atomic mass is 9.43. The summed E-state index contributed by atoms with van der Waals surface area (Å²) in [4.78, 5) is 14.6. The minimum atomic E-state index is -0.393. The summed E-state index contributed by atoms with van der Waals surface area (Å²) in [6.45, 7) is 8.00. The number of nitrogens with zero attached hydrogens (tertiary/aromatic N) is 2. The predicted molar refractivity (Wildman–Crippen MR) is 145 cm³/mol. The molecule has 1 amide bonds. The van der Waals surface area contributed by atoms with Crippen LogP contribution in [0.15, 0.2) is 0 Å². The molecule has 7 nitrogen and oxygen atoms in total. The third kappa shape index (κ3) is 5.50. The third-order valence-corrected chi connectivity index (χ3v) is 12.0. The molecule has 4 aliphatic rings. The Labute approximate surface area is 224 Å². The highest BCUT2D eigenvalue weighted by molar-refractivity contribution is 5.75. The molecule has 7 heteroatoms. The zero-order valence-electron chi connectivity index (χ0n) is 24.2. The number of quaternary nitrogens is 1. The van der Waals surface area contributed by atoms with Crippen LogP contribution < -0.4 is 0 Å². The van der Waals surface area contributed by atoms with Gasteiger partial charge < -0.3 is 30.1 Å². The summed E-state index contributed by atoms with van der Waals surface area (Å²) in [5.74, 6) is 1.97. The summed E-state index contributed by atoms with van der Waals surface area (Å²) in [6.07, 6.45) is 7.23. The van der Waals surface area contributed by atoms with Crippen molar-refractivity contribution >= 4 is 5.91 Å². The molecule has 0 aliphatic heterocycles. The van der Waals surface area contributed by atoms with Crippen LogP contribution in [0, 0.1) is 51.5 Å². The largest absolute Gasteiger partial charge is 0.633 e. The fraction of sp³-hybridized carbons (Fsp3) is 0.967. The lowest BCUT2D eigenvalue weighted by molar-refractivity contribution is -0.840. The van der Waals surface area contributed by atoms with Gasteiger partial charge in [0.15, 0.2) is 0 Å². The van der Waals surface area contributed by atoms with E-state index < -0.39 is 6.10 Å². The molecular weight excluding hydrogens is 468 g/mol. The monoisotopic (exact) mass is 522 g/mol. The van der Waals surface area contributed by atoms with E-state index in [4.69, 9.17) is 0 Å². The van der Waals surface area contributed by atoms with Gasteiger partial charge in [-0.15, -0.1) is 0 Å². The van der Waals surface area contributed by atoms with E-state index >= 15 is 0 Å². The van der Waals surface area contributed by atoms with Crippen molar-refractivity contribution in [3.8, 4) is 0 Å². The van der Waals surface area contributed by atoms with Crippen molar-refractivity contribution < 1.29 is 24.8 Å². The van der Waals surface area contributed by atoms with E-state index in [9.17, 15) is 25.3 Å². The summed E-state index contributed by atoms with van der Waals surface area (Å²) < 4.78 is -0.332. The van der Waals surface area contributed by atoms with E-state index in [0.717, 1.165) is 51.4 Å². The highest BCUT2D eigenvalue weighted by Gasteiger charge is 2.65. The van der Waals surface area contributed by atoms with Crippen molar-refractivity contribution in [3.05, 3.63) is 5.21 Å². The van der Waals surface area contributed by atoms with Gasteiger partial charge >= 0.3 is 0 Å². The van der Waals surface area contributed by atoms with Crippen LogP contribution >= 0.6 is 0 Å². The smallest absolute Gasteiger partial charge is 0.222 e. The van der Waals surface area contributed by atoms with Crippen LogP contribution in [0.2, 0.25) is 0 Å². The fourth-order valence-corrected chi connectivity index (χ4v) is 9.69. The maximum Gasteiger partial charge on any atom is 0.222 e. The first-order chi connectivity index (χ1) is 17.2. The number of carbonyl (C=O) groups excluding carboxylic acids is 1. The molecule has 37 heavy (non-hydrogen) atoms. The van der Waals surface area contributed by atoms with Crippen LogP contribution in [0.5, 0.6) is 0 Å². The van der Waals surface area contributed by atoms with Crippen molar-refractivity contribution in [1.82, 2.24) is 4.90 Å². The molecule has 0 radical (unpaired) electrons. The Kier molecular flexibility index (Phi) is 8.45. The van der Waals surface area contributed by atoms with Gasteiger partial charge in [0.2, 0.25) is 5.91 Å². The number of hydroxylamine groups is 3. The average molecular weight is 523 g/mol. The molecular formula is C30H54N2O5. The quantitative estimate of drug-likeness (QED) is 0.332. The van der Waals surface area contributed by atoms with E-state index in [0.29, 0.717) is 55.5 Å². The third-order valence-electron chi connectivity index (χ3n) is 12.0. The predicted octanol–water partition coefficient (Wildman–Crippen LogP) is 3.79. The second kappa shape index (κ2) is 10.7. The van der Waals surface area contributed by atoms with Gasteiger partial charge in [-0.05, 0) is 97.7 Å². The van der Waals surface area contributed by atoms with Gasteiger partial charge in [0.25, 0.3) is 0 Å². The van der Waals surface area contributed by atoms with Gasteiger partial charge in [-0.25, -0.2) is 0 Å². The maximum atomic E-state index is 12.8. The first kappa shape index (κ1) is 29.3. The summed E-state index contributed by atoms with van der Waals surface area (Å²) in [7, 11) is 5.09. The van der Waals surface area contributed by atoms with Crippen molar-refractivity contribution in [2.45, 2.75) is 103 Å². The highest BCUT2D eigenvalue weighted by Crippen LogP contribution is 2.68. The normalized spacial score (nSPS) is 44.5. The molecule has 4 fully saturated rings. The second-order valence-corrected chi connectivity index (χ2v) is 14.5. The molecule has 3 N–H and O–H groups in total. The summed E-state index contributed by atoms with van der Waals surface area (Å²) in [5, 5.41) is 45.3. The lowest BCUT2D eigenvalue weighted by Crippen LogP contribution is -2.62. The van der Waals surface area contributed by atoms with E-state index in [-0.39, 0.29) is 39.5 Å². The Hall–Kier alpha value is -0.730. The van der Waals surface area contributed by atoms with E-state index in [2.05, 4.69) is 20.8 Å². The van der Waals surface area contributed by atoms with Crippen LogP contribution in [0.1, 0.15) is 85.0 Å². The number of rotatable bonds is 8. The molecule has 0 heterocycles. The average Bonchev–Trinajstić information content (AvgIpc) is 3.16. The van der Waals surface area contributed by atoms with E-state index in [1.807, 2.05) is 7.05 Å². The first-order valence-corrected chi connectivity index (χ1v) is 15.0.